The van der Waals surface area contributed by atoms with Gasteiger partial charge >= 0.3 is 23.0 Å². The summed E-state index contributed by atoms with van der Waals surface area (Å²) in [6.45, 7) is 8.87. The molecule has 70 heavy (non-hydrogen) atoms. The summed E-state index contributed by atoms with van der Waals surface area (Å²) in [5.74, 6) is -0.0117. The molecular weight excluding hydrogens is 991 g/mol. The van der Waals surface area contributed by atoms with Gasteiger partial charge in [0, 0.05) is 41.5 Å². The van der Waals surface area contributed by atoms with E-state index in [4.69, 9.17) is 116 Å². The van der Waals surface area contributed by atoms with E-state index in [9.17, 15) is 0 Å². The summed E-state index contributed by atoms with van der Waals surface area (Å²) in [7, 11) is -3.44. The van der Waals surface area contributed by atoms with Crippen LogP contribution in [0.2, 0.25) is 0 Å². The van der Waals surface area contributed by atoms with Crippen LogP contribution in [-0.4, -0.2) is 253 Å². The highest BCUT2D eigenvalue weighted by Crippen LogP contribution is 2.80. The molecule has 3 rings (SSSR count). The van der Waals surface area contributed by atoms with Gasteiger partial charge in [-0.15, -0.1) is 13.5 Å². The topological polar surface area (TPSA) is 240 Å². The highest BCUT2D eigenvalue weighted by molar-refractivity contribution is 7.78. The van der Waals surface area contributed by atoms with Crippen molar-refractivity contribution in [3.8, 4) is 0 Å². The van der Waals surface area contributed by atoms with Crippen molar-refractivity contribution in [1.82, 2.24) is 0 Å². The minimum Gasteiger partial charge on any atom is -0.382 e. The molecule has 1 saturated heterocycles. The molecule has 28 heteroatoms. The van der Waals surface area contributed by atoms with Crippen molar-refractivity contribution in [2.24, 2.45) is 19.5 Å². The van der Waals surface area contributed by atoms with Gasteiger partial charge in [0.05, 0.1) is 217 Å². The molecule has 0 aliphatic carbocycles. The fraction of sp³-hybridized carbons (Fsp3) is 0.952. The molecule has 0 saturated carbocycles. The molecule has 0 spiro atoms. The summed E-state index contributed by atoms with van der Waals surface area (Å²) in [5, 5.41) is 0. The van der Waals surface area contributed by atoms with Crippen LogP contribution in [0.25, 0.3) is 0 Å². The number of fused-ring (bicyclic) bond motifs is 2. The molecule has 0 amide bonds. The number of methoxy groups -OCH3 is 5. The van der Waals surface area contributed by atoms with E-state index in [1.165, 1.54) is 0 Å². The minimum absolute atomic E-state index is 0.00259. The molecule has 0 aromatic carbocycles. The van der Waals surface area contributed by atoms with Gasteiger partial charge in [-0.3, -0.25) is 0 Å². The Morgan fingerprint density at radius 3 is 0.800 bits per heavy atom. The molecular formula is C42H84N3O22P3. The van der Waals surface area contributed by atoms with Crippen LogP contribution in [0.3, 0.4) is 0 Å². The van der Waals surface area contributed by atoms with Crippen LogP contribution < -0.4 is 0 Å². The van der Waals surface area contributed by atoms with Crippen molar-refractivity contribution >= 4 is 23.0 Å². The normalized spacial score (nSPS) is 21.1. The fourth-order valence-electron chi connectivity index (χ4n) is 6.02. The molecule has 0 N–H and O–H groups in total. The standard InChI is InChI=1S/C42H84N3O22P3/c1-46-8-13-51-18-23-56-28-33-61-68(62-34-29-57-24-19-52-14-9-47-2)43-69(63-35-30-58-25-20-53-15-10-48-3,64-36-31-59-26-21-54-16-11-49-4)45-70(44-68,65-37-32-60-27-22-55-17-12-50-5)66-39-40-38-41-6-7-42(40)67-41/h6-7,40-42H,8-39H2,1-5H3. The van der Waals surface area contributed by atoms with E-state index in [1.807, 2.05) is 6.08 Å². The van der Waals surface area contributed by atoms with Gasteiger partial charge in [-0.25, -0.2) is 0 Å². The molecule has 25 nitrogen and oxygen atoms in total. The van der Waals surface area contributed by atoms with Gasteiger partial charge in [0.2, 0.25) is 0 Å². The van der Waals surface area contributed by atoms with Crippen LogP contribution in [-0.2, 0) is 103 Å². The van der Waals surface area contributed by atoms with E-state index in [1.54, 1.807) is 35.5 Å². The molecule has 2 bridgehead atoms. The third-order valence-electron chi connectivity index (χ3n) is 9.44. The van der Waals surface area contributed by atoms with Crippen molar-refractivity contribution < 1.29 is 103 Å². The van der Waals surface area contributed by atoms with Crippen LogP contribution in [0.15, 0.2) is 25.7 Å². The number of nitrogens with zero attached hydrogens (tertiary/aromatic N) is 3. The predicted octanol–water partition coefficient (Wildman–Crippen LogP) is 4.68. The van der Waals surface area contributed by atoms with E-state index in [-0.39, 0.29) is 90.8 Å². The summed E-state index contributed by atoms with van der Waals surface area (Å²) in [6.07, 6.45) is 4.71. The van der Waals surface area contributed by atoms with E-state index in [2.05, 4.69) is 6.08 Å². The quantitative estimate of drug-likeness (QED) is 0.0456. The fourth-order valence-corrected chi connectivity index (χ4v) is 15.5. The summed E-state index contributed by atoms with van der Waals surface area (Å²) < 4.78 is 144. The van der Waals surface area contributed by atoms with E-state index >= 15 is 0 Å². The van der Waals surface area contributed by atoms with E-state index < -0.39 is 23.0 Å². The van der Waals surface area contributed by atoms with Gasteiger partial charge in [-0.2, -0.15) is 0 Å². The van der Waals surface area contributed by atoms with Crippen molar-refractivity contribution in [1.29, 1.82) is 0 Å². The zero-order valence-corrected chi connectivity index (χ0v) is 44.9. The number of hydrogen-bond donors (Lipinski definition) is 0. The number of ether oxygens (including phenoxy) is 16. The minimum atomic E-state index is -3.84. The molecule has 3 heterocycles. The zero-order valence-electron chi connectivity index (χ0n) is 42.2. The molecule has 3 aliphatic heterocycles. The van der Waals surface area contributed by atoms with Gasteiger partial charge in [0.1, 0.15) is 0 Å². The largest absolute Gasteiger partial charge is 0.382 e. The van der Waals surface area contributed by atoms with Crippen LogP contribution in [0.1, 0.15) is 6.42 Å². The molecule has 4 unspecified atom stereocenters. The Morgan fingerprint density at radius 2 is 0.571 bits per heavy atom. The first-order valence-electron chi connectivity index (χ1n) is 23.8. The maximum Gasteiger partial charge on any atom is 0.349 e. The van der Waals surface area contributed by atoms with Gasteiger partial charge in [0.25, 0.3) is 0 Å². The van der Waals surface area contributed by atoms with Gasteiger partial charge in [-0.05, 0) is 6.42 Å². The third kappa shape index (κ3) is 29.6. The summed E-state index contributed by atoms with van der Waals surface area (Å²) >= 11 is 0. The highest BCUT2D eigenvalue weighted by atomic mass is 31.3. The zero-order chi connectivity index (χ0) is 50.0. The molecule has 4 atom stereocenters. The first-order chi connectivity index (χ1) is 34.5. The monoisotopic (exact) mass is 1080 g/mol. The Morgan fingerprint density at radius 1 is 0.329 bits per heavy atom. The Balaban J connectivity index is 2.00. The Bertz CT molecular complexity index is 1360. The van der Waals surface area contributed by atoms with E-state index in [0.717, 1.165) is 6.42 Å². The molecule has 0 aromatic heterocycles. The first kappa shape index (κ1) is 63.8. The SMILES string of the molecule is COCCOCCOCCOP1(OCCOCCOCCOC)=NP(OCCOCCOCCOC)(OCCOCCOCCOC)=NP(OCCOCCOCCOC)(OCC2CC3C=CC2O3)=N1. The maximum atomic E-state index is 6.85. The Kier molecular flexibility index (Phi) is 39.0. The second kappa shape index (κ2) is 42.7. The van der Waals surface area contributed by atoms with Crippen LogP contribution in [0.5, 0.6) is 0 Å². The molecule has 0 radical (unpaired) electrons. The van der Waals surface area contributed by atoms with Gasteiger partial charge in [0.15, 0.2) is 0 Å². The Labute approximate surface area is 415 Å². The summed E-state index contributed by atoms with van der Waals surface area (Å²) in [4.78, 5) is 0. The smallest absolute Gasteiger partial charge is 0.349 e. The third-order valence-corrected chi connectivity index (χ3v) is 17.9. The molecule has 1 fully saturated rings. The average molecular weight is 1080 g/mol. The molecule has 414 valence electrons. The lowest BCUT2D eigenvalue weighted by atomic mass is 9.95. The summed E-state index contributed by atoms with van der Waals surface area (Å²) in [5.41, 5.74) is 0. The molecule has 0 aromatic rings. The maximum absolute atomic E-state index is 6.85. The lowest BCUT2D eigenvalue weighted by Gasteiger charge is -2.34. The van der Waals surface area contributed by atoms with Crippen LogP contribution in [0.4, 0.5) is 0 Å². The first-order valence-corrected chi connectivity index (χ1v) is 28.4. The van der Waals surface area contributed by atoms with Crippen LogP contribution >= 0.6 is 23.0 Å². The summed E-state index contributed by atoms with van der Waals surface area (Å²) in [6, 6.07) is 0. The molecule has 3 aliphatic rings. The average Bonchev–Trinajstić information content (AvgIpc) is 4.00. The van der Waals surface area contributed by atoms with Crippen molar-refractivity contribution in [2.45, 2.75) is 18.6 Å². The van der Waals surface area contributed by atoms with Gasteiger partial charge < -0.3 is 103 Å². The second-order valence-electron chi connectivity index (χ2n) is 14.8. The Hall–Kier alpha value is -0.450. The van der Waals surface area contributed by atoms with Crippen molar-refractivity contribution in [3.05, 3.63) is 12.2 Å². The van der Waals surface area contributed by atoms with Crippen molar-refractivity contribution in [2.75, 3.05) is 240 Å². The number of rotatable bonds is 53. The van der Waals surface area contributed by atoms with Gasteiger partial charge in [-0.1, -0.05) is 12.2 Å². The lowest BCUT2D eigenvalue weighted by Crippen LogP contribution is -2.19. The van der Waals surface area contributed by atoms with E-state index in [0.29, 0.717) is 132 Å². The van der Waals surface area contributed by atoms with Crippen molar-refractivity contribution in [3.63, 3.8) is 0 Å². The number of hydrogen-bond acceptors (Lipinski definition) is 25. The highest BCUT2D eigenvalue weighted by Gasteiger charge is 2.45. The van der Waals surface area contributed by atoms with Crippen LogP contribution in [0, 0.1) is 5.92 Å². The lowest BCUT2D eigenvalue weighted by molar-refractivity contribution is 0.0122. The second-order valence-corrected chi connectivity index (χ2v) is 21.4. The predicted molar refractivity (Wildman–Crippen MR) is 257 cm³/mol.